The fourth-order valence-electron chi connectivity index (χ4n) is 8.35. The molecule has 10 amide bonds. The first kappa shape index (κ1) is 74.7. The van der Waals surface area contributed by atoms with Gasteiger partial charge < -0.3 is 90.2 Å². The number of nitrogens with two attached hydrogens (primary N) is 2. The molecule has 0 fully saturated rings. The molecule has 0 aromatic heterocycles. The van der Waals surface area contributed by atoms with Gasteiger partial charge in [0.05, 0.1) is 31.9 Å². The second kappa shape index (κ2) is 38.5. The summed E-state index contributed by atoms with van der Waals surface area (Å²) in [6, 6.07) is -5.60. The number of carboxylic acid groups (broad SMARTS) is 2. The van der Waals surface area contributed by atoms with E-state index >= 15 is 0 Å². The van der Waals surface area contributed by atoms with Crippen LogP contribution in [0, 0.1) is 23.7 Å². The molecule has 0 aliphatic heterocycles. The Morgan fingerprint density at radius 1 is 0.476 bits per heavy atom. The summed E-state index contributed by atoms with van der Waals surface area (Å²) in [5, 5.41) is 73.4. The minimum Gasteiger partial charge on any atom is -0.481 e. The van der Waals surface area contributed by atoms with Crippen molar-refractivity contribution in [3.8, 4) is 0 Å². The Balaban J connectivity index is 3.28. The van der Waals surface area contributed by atoms with Crippen LogP contribution in [0.2, 0.25) is 0 Å². The molecule has 84 heavy (non-hydrogen) atoms. The second-order valence-electron chi connectivity index (χ2n) is 22.3. The van der Waals surface area contributed by atoms with E-state index in [2.05, 4.69) is 53.2 Å². The van der Waals surface area contributed by atoms with Crippen molar-refractivity contribution in [3.05, 3.63) is 35.9 Å². The summed E-state index contributed by atoms with van der Waals surface area (Å²) >= 11 is 0. The Labute approximate surface area is 489 Å². The number of benzene rings is 1. The van der Waals surface area contributed by atoms with E-state index in [4.69, 9.17) is 11.5 Å². The molecule has 474 valence electrons. The van der Waals surface area contributed by atoms with E-state index in [1.807, 2.05) is 0 Å². The summed E-state index contributed by atoms with van der Waals surface area (Å²) in [5.41, 5.74) is 12.6. The minimum absolute atomic E-state index is 0.0110. The second-order valence-corrected chi connectivity index (χ2v) is 22.3. The largest absolute Gasteiger partial charge is 0.481 e. The number of carbonyl (C=O) groups excluding carboxylic acids is 10. The fraction of sp³-hybridized carbons (Fsp3) is 0.673. The van der Waals surface area contributed by atoms with Gasteiger partial charge in [0.15, 0.2) is 0 Å². The molecule has 0 unspecified atom stereocenters. The van der Waals surface area contributed by atoms with Crippen molar-refractivity contribution in [1.82, 2.24) is 53.2 Å². The molecule has 1 aromatic carbocycles. The number of unbranched alkanes of at least 4 members (excludes halogenated alkanes) is 1. The molecule has 0 spiro atoms. The highest BCUT2D eigenvalue weighted by Gasteiger charge is 2.36. The number of aliphatic hydroxyl groups excluding tert-OH is 3. The molecule has 0 bridgehead atoms. The van der Waals surface area contributed by atoms with Gasteiger partial charge in [-0.2, -0.15) is 0 Å². The van der Waals surface area contributed by atoms with E-state index < -0.39 is 176 Å². The molecule has 0 aliphatic rings. The van der Waals surface area contributed by atoms with Crippen LogP contribution in [0.25, 0.3) is 0 Å². The van der Waals surface area contributed by atoms with Gasteiger partial charge in [0.1, 0.15) is 54.4 Å². The summed E-state index contributed by atoms with van der Waals surface area (Å²) in [4.78, 5) is 159. The number of rotatable bonds is 40. The fourth-order valence-corrected chi connectivity index (χ4v) is 8.35. The van der Waals surface area contributed by atoms with Crippen molar-refractivity contribution >= 4 is 71.0 Å². The van der Waals surface area contributed by atoms with Gasteiger partial charge in [0.2, 0.25) is 59.1 Å². The molecule has 1 aromatic rings. The van der Waals surface area contributed by atoms with Gasteiger partial charge in [-0.05, 0) is 94.1 Å². The normalized spacial score (nSPS) is 15.3. The summed E-state index contributed by atoms with van der Waals surface area (Å²) in [7, 11) is 0. The van der Waals surface area contributed by atoms with Gasteiger partial charge in [-0.25, -0.2) is 4.79 Å². The Kier molecular flexibility index (Phi) is 34.2. The summed E-state index contributed by atoms with van der Waals surface area (Å²) in [6.45, 7) is 12.2. The van der Waals surface area contributed by atoms with E-state index in [9.17, 15) is 83.1 Å². The number of aliphatic carboxylic acids is 2. The highest BCUT2D eigenvalue weighted by atomic mass is 16.4. The molecule has 0 heterocycles. The van der Waals surface area contributed by atoms with Crippen LogP contribution >= 0.6 is 0 Å². The minimum atomic E-state index is -1.82. The average Bonchev–Trinajstić information content (AvgIpc) is 3.49. The number of carbonyl (C=O) groups is 12. The predicted molar refractivity (Wildman–Crippen MR) is 305 cm³/mol. The van der Waals surface area contributed by atoms with Gasteiger partial charge in [-0.15, -0.1) is 0 Å². The van der Waals surface area contributed by atoms with E-state index in [0.29, 0.717) is 6.42 Å². The molecule has 1 rings (SSSR count). The lowest BCUT2D eigenvalue weighted by molar-refractivity contribution is -0.143. The molecule has 29 nitrogen and oxygen atoms in total. The molecule has 0 aliphatic carbocycles. The van der Waals surface area contributed by atoms with Crippen LogP contribution in [0.15, 0.2) is 30.3 Å². The molecular weight excluding hydrogens is 1100 g/mol. The van der Waals surface area contributed by atoms with Gasteiger partial charge in [-0.1, -0.05) is 85.7 Å². The zero-order valence-corrected chi connectivity index (χ0v) is 49.5. The van der Waals surface area contributed by atoms with E-state index in [1.165, 1.54) is 6.92 Å². The van der Waals surface area contributed by atoms with E-state index in [1.54, 1.807) is 85.7 Å². The van der Waals surface area contributed by atoms with Gasteiger partial charge in [0.25, 0.3) is 0 Å². The maximum Gasteiger partial charge on any atom is 0.328 e. The number of amides is 10. The van der Waals surface area contributed by atoms with Crippen LogP contribution in [0.5, 0.6) is 0 Å². The third-order valence-electron chi connectivity index (χ3n) is 12.9. The number of hydrogen-bond donors (Lipinski definition) is 17. The maximum absolute atomic E-state index is 14.1. The lowest BCUT2D eigenvalue weighted by Crippen LogP contribution is -2.61. The first-order valence-electron chi connectivity index (χ1n) is 28.2. The van der Waals surface area contributed by atoms with Crippen molar-refractivity contribution in [1.29, 1.82) is 0 Å². The van der Waals surface area contributed by atoms with Crippen molar-refractivity contribution < 1.29 is 83.1 Å². The number of carboxylic acids is 2. The lowest BCUT2D eigenvalue weighted by atomic mass is 9.99. The molecule has 29 heteroatoms. The quantitative estimate of drug-likeness (QED) is 0.0281. The van der Waals surface area contributed by atoms with Crippen LogP contribution in [0.4, 0.5) is 0 Å². The number of aliphatic hydroxyl groups is 3. The molecule has 0 radical (unpaired) electrons. The van der Waals surface area contributed by atoms with Crippen LogP contribution in [0.3, 0.4) is 0 Å². The molecule has 11 atom stereocenters. The van der Waals surface area contributed by atoms with Crippen molar-refractivity contribution in [2.75, 3.05) is 26.3 Å². The van der Waals surface area contributed by atoms with Crippen LogP contribution in [0.1, 0.15) is 119 Å². The Hall–Kier alpha value is -7.34. The van der Waals surface area contributed by atoms with Crippen molar-refractivity contribution in [3.63, 3.8) is 0 Å². The van der Waals surface area contributed by atoms with Crippen molar-refractivity contribution in [2.24, 2.45) is 35.1 Å². The SMILES string of the molecule is CC(C)C[C@H](NC(=O)CNC(=O)[C@@H](NC(=O)[C@@H](NC(=O)[C@@H](N)Cc1ccccc1)C(C)C)[C@@H](C)O)C(=O)N[C@@H](CO)C(=O)N[C@@H](CCC(=O)O)C(=O)N[C@@H](CCCCN)C(=O)N[C@@H](CC(C)C)C(=O)N[C@@H](CC(C)C)C(=O)N[C@@H](CO)C(=O)O. The zero-order chi connectivity index (χ0) is 64.0. The molecule has 0 saturated carbocycles. The van der Waals surface area contributed by atoms with Crippen LogP contribution in [-0.2, 0) is 64.0 Å². The first-order chi connectivity index (χ1) is 39.3. The Morgan fingerprint density at radius 2 is 0.893 bits per heavy atom. The monoisotopic (exact) mass is 1190 g/mol. The smallest absolute Gasteiger partial charge is 0.328 e. The number of hydrogen-bond acceptors (Lipinski definition) is 17. The zero-order valence-electron chi connectivity index (χ0n) is 49.5. The topological polar surface area (TPSA) is 478 Å². The Bertz CT molecular complexity index is 2340. The lowest BCUT2D eigenvalue weighted by Gasteiger charge is -2.28. The highest BCUT2D eigenvalue weighted by Crippen LogP contribution is 2.13. The maximum atomic E-state index is 14.1. The Morgan fingerprint density at radius 3 is 1.32 bits per heavy atom. The third kappa shape index (κ3) is 28.3. The van der Waals surface area contributed by atoms with Gasteiger partial charge in [-0.3, -0.25) is 52.7 Å². The van der Waals surface area contributed by atoms with Crippen LogP contribution < -0.4 is 64.6 Å². The standard InChI is InChI=1S/C55H92N12O17/c1-28(2)21-37(59-42(71)25-58-53(81)45(32(9)70)67-54(82)44(31(7)8)66-46(74)34(57)24-33-15-11-10-12-16-33)49(77)64-40(26-68)52(80)61-36(18-19-43(72)73)48(76)60-35(17-13-14-20-56)47(75)62-38(22-29(3)4)50(78)63-39(23-30(5)6)51(79)65-41(27-69)55(83)84/h10-12,15-16,28-32,34-41,44-45,68-70H,13-14,17-27,56-57H2,1-9H3,(H,58,81)(H,59,71)(H,60,76)(H,61,80)(H,62,75)(H,63,78)(H,64,77)(H,65,79)(H,66,74)(H,67,82)(H,72,73)(H,83,84)/t32-,34+,35+,36+,37+,38+,39+,40+,41+,44+,45+/m1/s1. The van der Waals surface area contributed by atoms with Crippen molar-refractivity contribution in [2.45, 2.75) is 187 Å². The van der Waals surface area contributed by atoms with E-state index in [0.717, 1.165) is 5.56 Å². The molecule has 0 saturated heterocycles. The first-order valence-corrected chi connectivity index (χ1v) is 28.2. The van der Waals surface area contributed by atoms with E-state index in [-0.39, 0.29) is 62.8 Å². The predicted octanol–water partition coefficient (Wildman–Crippen LogP) is -3.73. The summed E-state index contributed by atoms with van der Waals surface area (Å²) in [6.07, 6.45) is -2.07. The average molecular weight is 1190 g/mol. The third-order valence-corrected chi connectivity index (χ3v) is 12.9. The molecular formula is C55H92N12O17. The summed E-state index contributed by atoms with van der Waals surface area (Å²) in [5.74, 6) is -13.5. The molecule has 19 N–H and O–H groups in total. The van der Waals surface area contributed by atoms with Gasteiger partial charge >= 0.3 is 11.9 Å². The summed E-state index contributed by atoms with van der Waals surface area (Å²) < 4.78 is 0. The van der Waals surface area contributed by atoms with Gasteiger partial charge in [0, 0.05) is 6.42 Å². The number of nitrogens with one attached hydrogen (secondary N) is 10. The van der Waals surface area contributed by atoms with Crippen LogP contribution in [-0.4, -0.2) is 189 Å². The highest BCUT2D eigenvalue weighted by molar-refractivity contribution is 5.98.